The van der Waals surface area contributed by atoms with Crippen LogP contribution in [-0.2, 0) is 40.0 Å². The van der Waals surface area contributed by atoms with Crippen molar-refractivity contribution in [2.75, 3.05) is 19.6 Å². The van der Waals surface area contributed by atoms with Gasteiger partial charge < -0.3 is 53.8 Å². The number of unbranched alkanes of at least 4 members (excludes halogenated alkanes) is 1. The third-order valence-corrected chi connectivity index (χ3v) is 10.6. The Kier molecular flexibility index (Phi) is 21.2. The predicted octanol–water partition coefficient (Wildman–Crippen LogP) is 0.0234. The molecule has 0 unspecified atom stereocenters. The van der Waals surface area contributed by atoms with Crippen molar-refractivity contribution >= 4 is 47.4 Å². The molecule has 12 N–H and O–H groups in total. The van der Waals surface area contributed by atoms with E-state index in [1.807, 2.05) is 13.8 Å². The predicted molar refractivity (Wildman–Crippen MR) is 220 cm³/mol. The van der Waals surface area contributed by atoms with Gasteiger partial charge in [0.25, 0.3) is 0 Å². The number of carboxylic acid groups (broad SMARTS) is 1. The summed E-state index contributed by atoms with van der Waals surface area (Å²) in [4.78, 5) is 99.0. The van der Waals surface area contributed by atoms with E-state index in [9.17, 15) is 38.7 Å². The van der Waals surface area contributed by atoms with Gasteiger partial charge in [-0.1, -0.05) is 70.9 Å². The number of nitrogens with zero attached hydrogens (tertiary/aromatic N) is 2. The smallest absolute Gasteiger partial charge is 0.326 e. The average Bonchev–Trinajstić information content (AvgIpc) is 3.70. The quantitative estimate of drug-likeness (QED) is 0.0360. The Labute approximate surface area is 341 Å². The second kappa shape index (κ2) is 25.2. The van der Waals surface area contributed by atoms with Crippen molar-refractivity contribution in [1.82, 2.24) is 31.5 Å². The minimum absolute atomic E-state index is 0.0229. The molecule has 0 aromatic heterocycles. The zero-order valence-electron chi connectivity index (χ0n) is 34.6. The normalized spacial score (nSPS) is 17.3. The van der Waals surface area contributed by atoms with Crippen LogP contribution in [0.15, 0.2) is 35.3 Å². The molecule has 58 heavy (non-hydrogen) atoms. The first kappa shape index (κ1) is 48.9. The van der Waals surface area contributed by atoms with Crippen molar-refractivity contribution in [2.45, 2.75) is 135 Å². The number of nitrogens with two attached hydrogens (primary N) is 3. The van der Waals surface area contributed by atoms with Gasteiger partial charge in [0, 0.05) is 26.4 Å². The highest BCUT2D eigenvalue weighted by molar-refractivity contribution is 5.97. The fourth-order valence-corrected chi connectivity index (χ4v) is 6.70. The number of carbonyl (C=O) groups excluding carboxylic acids is 6. The van der Waals surface area contributed by atoms with E-state index in [4.69, 9.17) is 17.2 Å². The first-order valence-electron chi connectivity index (χ1n) is 20.4. The van der Waals surface area contributed by atoms with E-state index >= 15 is 0 Å². The number of guanidine groups is 1. The Morgan fingerprint density at radius 3 is 1.91 bits per heavy atom. The number of carbonyl (C=O) groups is 7. The molecular formula is C40H66N10O8. The lowest BCUT2D eigenvalue weighted by atomic mass is 9.95. The topological polar surface area (TPSA) is 294 Å². The van der Waals surface area contributed by atoms with Crippen LogP contribution in [0.3, 0.4) is 0 Å². The minimum Gasteiger partial charge on any atom is -0.480 e. The number of hydrogen-bond donors (Lipinski definition) is 9. The Morgan fingerprint density at radius 2 is 1.33 bits per heavy atom. The molecule has 0 aliphatic carbocycles. The molecule has 1 aliphatic rings. The van der Waals surface area contributed by atoms with Gasteiger partial charge >= 0.3 is 5.97 Å². The van der Waals surface area contributed by atoms with Gasteiger partial charge in [0.15, 0.2) is 5.96 Å². The Morgan fingerprint density at radius 1 is 0.776 bits per heavy atom. The van der Waals surface area contributed by atoms with Gasteiger partial charge in [-0.15, -0.1) is 0 Å². The van der Waals surface area contributed by atoms with Crippen molar-refractivity contribution in [3.05, 3.63) is 35.9 Å². The van der Waals surface area contributed by atoms with E-state index < -0.39 is 77.7 Å². The molecule has 324 valence electrons. The highest BCUT2D eigenvalue weighted by Gasteiger charge is 2.37. The number of rotatable bonds is 25. The highest BCUT2D eigenvalue weighted by atomic mass is 16.4. The van der Waals surface area contributed by atoms with Crippen LogP contribution in [0.1, 0.15) is 98.0 Å². The maximum absolute atomic E-state index is 14.2. The Bertz CT molecular complexity index is 1560. The SMILES string of the molecule is CC[C@H](C)[C@H](NC(=O)[C@@H](NC(=O)[C@H](CCCCN)NC(=O)[C@H](Cc1ccccc1)NC(=O)[C@H](CCCN=C(N)N)NC(=O)[C@@H]1CCCN1C(C)=O)[C@@H](C)CC)C(=O)O. The molecule has 1 heterocycles. The summed E-state index contributed by atoms with van der Waals surface area (Å²) in [6, 6.07) is 2.36. The van der Waals surface area contributed by atoms with Crippen molar-refractivity contribution in [2.24, 2.45) is 34.0 Å². The fraction of sp³-hybridized carbons (Fsp3) is 0.650. The van der Waals surface area contributed by atoms with E-state index in [0.717, 1.165) is 0 Å². The van der Waals surface area contributed by atoms with Gasteiger partial charge in [-0.3, -0.25) is 33.8 Å². The lowest BCUT2D eigenvalue weighted by molar-refractivity contribution is -0.144. The third kappa shape index (κ3) is 15.9. The van der Waals surface area contributed by atoms with Gasteiger partial charge in [-0.2, -0.15) is 0 Å². The zero-order valence-corrected chi connectivity index (χ0v) is 34.6. The number of benzene rings is 1. The largest absolute Gasteiger partial charge is 0.480 e. The van der Waals surface area contributed by atoms with E-state index in [-0.39, 0.29) is 43.6 Å². The Hall–Kier alpha value is -5.26. The molecule has 0 spiro atoms. The molecule has 0 bridgehead atoms. The Balaban J connectivity index is 2.42. The number of aliphatic imine (C=N–C) groups is 1. The van der Waals surface area contributed by atoms with E-state index in [1.54, 1.807) is 44.2 Å². The number of nitrogens with one attached hydrogen (secondary N) is 5. The summed E-state index contributed by atoms with van der Waals surface area (Å²) < 4.78 is 0. The lowest BCUT2D eigenvalue weighted by Crippen LogP contribution is -2.60. The minimum atomic E-state index is -1.22. The van der Waals surface area contributed by atoms with Crippen molar-refractivity contribution < 1.29 is 38.7 Å². The molecule has 1 saturated heterocycles. The fourth-order valence-electron chi connectivity index (χ4n) is 6.70. The molecule has 1 fully saturated rings. The van der Waals surface area contributed by atoms with Crippen LogP contribution in [0, 0.1) is 11.8 Å². The number of hydrogen-bond acceptors (Lipinski definition) is 9. The summed E-state index contributed by atoms with van der Waals surface area (Å²) in [5.74, 6) is -5.56. The standard InChI is InChI=1S/C40H66N10O8/c1-6-24(3)32(38(56)49-33(39(57)58)25(4)7-2)48-35(53)28(17-11-12-20-41)45-36(54)30(23-27-15-9-8-10-16-27)47-34(52)29(18-13-21-44-40(42)43)46-37(55)31-19-14-22-50(31)26(5)51/h8-10,15-16,24-25,28-33H,6-7,11-14,17-23,41H2,1-5H3,(H,45,54)(H,46,55)(H,47,52)(H,48,53)(H,49,56)(H,57,58)(H4,42,43,44)/t24-,25-,28-,29-,30-,31-,32-,33-/m0/s1. The summed E-state index contributed by atoms with van der Waals surface area (Å²) in [6.07, 6.45) is 3.59. The number of carboxylic acids is 1. The van der Waals surface area contributed by atoms with Gasteiger partial charge in [0.1, 0.15) is 36.3 Å². The molecule has 8 atom stereocenters. The second-order valence-corrected chi connectivity index (χ2v) is 15.1. The molecule has 1 aromatic carbocycles. The maximum atomic E-state index is 14.2. The van der Waals surface area contributed by atoms with Crippen molar-refractivity contribution in [3.63, 3.8) is 0 Å². The molecule has 1 aliphatic heterocycles. The summed E-state index contributed by atoms with van der Waals surface area (Å²) >= 11 is 0. The van der Waals surface area contributed by atoms with Crippen molar-refractivity contribution in [1.29, 1.82) is 0 Å². The summed E-state index contributed by atoms with van der Waals surface area (Å²) in [7, 11) is 0. The van der Waals surface area contributed by atoms with Crippen LogP contribution in [0.25, 0.3) is 0 Å². The van der Waals surface area contributed by atoms with Gasteiger partial charge in [-0.25, -0.2) is 4.79 Å². The summed E-state index contributed by atoms with van der Waals surface area (Å²) in [5.41, 5.74) is 17.4. The molecule has 0 saturated carbocycles. The average molecular weight is 815 g/mol. The maximum Gasteiger partial charge on any atom is 0.326 e. The second-order valence-electron chi connectivity index (χ2n) is 15.1. The zero-order chi connectivity index (χ0) is 43.4. The monoisotopic (exact) mass is 815 g/mol. The number of aliphatic carboxylic acids is 1. The summed E-state index contributed by atoms with van der Waals surface area (Å²) in [6.45, 7) is 9.41. The molecule has 0 radical (unpaired) electrons. The molecule has 6 amide bonds. The third-order valence-electron chi connectivity index (χ3n) is 10.6. The van der Waals surface area contributed by atoms with Crippen molar-refractivity contribution in [3.8, 4) is 0 Å². The van der Waals surface area contributed by atoms with Crippen LogP contribution in [-0.4, -0.2) is 113 Å². The molecule has 2 rings (SSSR count). The number of likely N-dealkylation sites (tertiary alicyclic amines) is 1. The first-order valence-corrected chi connectivity index (χ1v) is 20.4. The van der Waals surface area contributed by atoms with Gasteiger partial charge in [0.2, 0.25) is 35.4 Å². The van der Waals surface area contributed by atoms with E-state index in [2.05, 4.69) is 31.6 Å². The first-order chi connectivity index (χ1) is 27.5. The highest BCUT2D eigenvalue weighted by Crippen LogP contribution is 2.18. The van der Waals surface area contributed by atoms with Crippen LogP contribution < -0.4 is 43.8 Å². The number of amides is 6. The lowest BCUT2D eigenvalue weighted by Gasteiger charge is -2.30. The molecule has 18 nitrogen and oxygen atoms in total. The molecular weight excluding hydrogens is 749 g/mol. The van der Waals surface area contributed by atoms with Crippen LogP contribution in [0.2, 0.25) is 0 Å². The van der Waals surface area contributed by atoms with Crippen LogP contribution >= 0.6 is 0 Å². The molecule has 18 heteroatoms. The summed E-state index contributed by atoms with van der Waals surface area (Å²) in [5, 5.41) is 23.5. The van der Waals surface area contributed by atoms with E-state index in [0.29, 0.717) is 63.6 Å². The van der Waals surface area contributed by atoms with Gasteiger partial charge in [0.05, 0.1) is 0 Å². The van der Waals surface area contributed by atoms with Crippen LogP contribution in [0.4, 0.5) is 0 Å². The van der Waals surface area contributed by atoms with E-state index in [1.165, 1.54) is 11.8 Å². The van der Waals surface area contributed by atoms with Crippen LogP contribution in [0.5, 0.6) is 0 Å². The molecule has 1 aromatic rings. The van der Waals surface area contributed by atoms with Gasteiger partial charge in [-0.05, 0) is 68.9 Å².